The number of aryl methyl sites for hydroxylation is 1. The Kier molecular flexibility index (Phi) is 9.80. The first-order chi connectivity index (χ1) is 8.20. The van der Waals surface area contributed by atoms with Crippen molar-refractivity contribution in [1.29, 1.82) is 0 Å². The van der Waals surface area contributed by atoms with Crippen molar-refractivity contribution >= 4 is 12.4 Å². The van der Waals surface area contributed by atoms with E-state index in [0.29, 0.717) is 0 Å². The zero-order valence-electron chi connectivity index (χ0n) is 11.7. The van der Waals surface area contributed by atoms with Gasteiger partial charge < -0.3 is 10.1 Å². The molecule has 0 aromatic heterocycles. The van der Waals surface area contributed by atoms with Crippen molar-refractivity contribution in [2.24, 2.45) is 5.92 Å². The molecule has 0 aliphatic rings. The summed E-state index contributed by atoms with van der Waals surface area (Å²) in [7, 11) is 0. The minimum absolute atomic E-state index is 0. The second kappa shape index (κ2) is 10.2. The Morgan fingerprint density at radius 2 is 1.89 bits per heavy atom. The molecule has 104 valence electrons. The van der Waals surface area contributed by atoms with E-state index in [1.165, 1.54) is 12.0 Å². The van der Waals surface area contributed by atoms with Crippen molar-refractivity contribution in [2.75, 3.05) is 19.7 Å². The van der Waals surface area contributed by atoms with Crippen molar-refractivity contribution < 1.29 is 4.74 Å². The quantitative estimate of drug-likeness (QED) is 0.726. The van der Waals surface area contributed by atoms with E-state index in [0.717, 1.165) is 37.8 Å². The van der Waals surface area contributed by atoms with Crippen LogP contribution in [0.2, 0.25) is 0 Å². The Morgan fingerprint density at radius 1 is 1.17 bits per heavy atom. The lowest BCUT2D eigenvalue weighted by Crippen LogP contribution is -2.19. The predicted octanol–water partition coefficient (Wildman–Crippen LogP) is 3.82. The summed E-state index contributed by atoms with van der Waals surface area (Å²) in [6, 6.07) is 8.16. The molecule has 1 aromatic rings. The maximum atomic E-state index is 5.72. The van der Waals surface area contributed by atoms with Crippen molar-refractivity contribution in [3.63, 3.8) is 0 Å². The highest BCUT2D eigenvalue weighted by molar-refractivity contribution is 5.85. The van der Waals surface area contributed by atoms with E-state index in [-0.39, 0.29) is 12.4 Å². The zero-order chi connectivity index (χ0) is 12.5. The fourth-order valence-corrected chi connectivity index (χ4v) is 1.61. The number of rotatable bonds is 8. The van der Waals surface area contributed by atoms with E-state index >= 15 is 0 Å². The molecule has 3 heteroatoms. The largest absolute Gasteiger partial charge is 0.493 e. The number of hydrogen-bond donors (Lipinski definition) is 1. The van der Waals surface area contributed by atoms with Gasteiger partial charge in [0, 0.05) is 0 Å². The molecule has 1 aromatic carbocycles. The standard InChI is InChI=1S/C15H25NO.ClH/c1-13(2)9-11-16-10-6-12-17-15-8-5-4-7-14(15)3;/h4-5,7-8,13,16H,6,9-12H2,1-3H3;1H. The molecule has 0 atom stereocenters. The van der Waals surface area contributed by atoms with Gasteiger partial charge in [0.25, 0.3) is 0 Å². The van der Waals surface area contributed by atoms with Crippen LogP contribution in [0, 0.1) is 12.8 Å². The summed E-state index contributed by atoms with van der Waals surface area (Å²) in [5, 5.41) is 3.44. The highest BCUT2D eigenvalue weighted by Crippen LogP contribution is 2.15. The molecule has 0 fully saturated rings. The summed E-state index contributed by atoms with van der Waals surface area (Å²) in [5.41, 5.74) is 1.21. The molecule has 1 N–H and O–H groups in total. The van der Waals surface area contributed by atoms with Gasteiger partial charge in [-0.15, -0.1) is 12.4 Å². The fourth-order valence-electron chi connectivity index (χ4n) is 1.61. The van der Waals surface area contributed by atoms with E-state index in [1.807, 2.05) is 18.2 Å². The summed E-state index contributed by atoms with van der Waals surface area (Å²) in [4.78, 5) is 0. The number of para-hydroxylation sites is 1. The van der Waals surface area contributed by atoms with Crippen molar-refractivity contribution in [3.8, 4) is 5.75 Å². The number of ether oxygens (including phenoxy) is 1. The van der Waals surface area contributed by atoms with Gasteiger partial charge in [0.2, 0.25) is 0 Å². The number of benzene rings is 1. The first-order valence-corrected chi connectivity index (χ1v) is 6.59. The van der Waals surface area contributed by atoms with Crippen molar-refractivity contribution in [3.05, 3.63) is 29.8 Å². The molecule has 0 heterocycles. The predicted molar refractivity (Wildman–Crippen MR) is 80.9 cm³/mol. The molecule has 0 unspecified atom stereocenters. The van der Waals surface area contributed by atoms with E-state index < -0.39 is 0 Å². The van der Waals surface area contributed by atoms with Crippen molar-refractivity contribution in [1.82, 2.24) is 5.32 Å². The van der Waals surface area contributed by atoms with Gasteiger partial charge >= 0.3 is 0 Å². The average Bonchev–Trinajstić information content (AvgIpc) is 2.30. The first kappa shape index (κ1) is 17.3. The van der Waals surface area contributed by atoms with Gasteiger partial charge in [0.15, 0.2) is 0 Å². The summed E-state index contributed by atoms with van der Waals surface area (Å²) in [6.45, 7) is 9.53. The Hall–Kier alpha value is -0.730. The summed E-state index contributed by atoms with van der Waals surface area (Å²) in [5.74, 6) is 1.79. The number of halogens is 1. The molecule has 0 radical (unpaired) electrons. The lowest BCUT2D eigenvalue weighted by Gasteiger charge is -2.09. The Labute approximate surface area is 118 Å². The van der Waals surface area contributed by atoms with Gasteiger partial charge in [-0.25, -0.2) is 0 Å². The average molecular weight is 272 g/mol. The first-order valence-electron chi connectivity index (χ1n) is 6.59. The minimum atomic E-state index is 0. The topological polar surface area (TPSA) is 21.3 Å². The maximum absolute atomic E-state index is 5.72. The molecule has 18 heavy (non-hydrogen) atoms. The third-order valence-electron chi connectivity index (χ3n) is 2.75. The lowest BCUT2D eigenvalue weighted by atomic mass is 10.1. The van der Waals surface area contributed by atoms with Crippen LogP contribution >= 0.6 is 12.4 Å². The Balaban J connectivity index is 0.00000289. The van der Waals surface area contributed by atoms with E-state index in [4.69, 9.17) is 4.74 Å². The highest BCUT2D eigenvalue weighted by atomic mass is 35.5. The van der Waals surface area contributed by atoms with E-state index in [9.17, 15) is 0 Å². The molecule has 0 aliphatic heterocycles. The molecule has 2 nitrogen and oxygen atoms in total. The van der Waals surface area contributed by atoms with E-state index in [2.05, 4.69) is 32.2 Å². The van der Waals surface area contributed by atoms with Crippen LogP contribution in [0.3, 0.4) is 0 Å². The summed E-state index contributed by atoms with van der Waals surface area (Å²) in [6.07, 6.45) is 2.31. The normalized spacial score (nSPS) is 10.2. The third-order valence-corrected chi connectivity index (χ3v) is 2.75. The zero-order valence-corrected chi connectivity index (χ0v) is 12.6. The molecular formula is C15H26ClNO. The highest BCUT2D eigenvalue weighted by Gasteiger charge is 1.97. The Morgan fingerprint density at radius 3 is 2.56 bits per heavy atom. The van der Waals surface area contributed by atoms with Crippen LogP contribution in [0.1, 0.15) is 32.3 Å². The Bertz CT molecular complexity index is 315. The third kappa shape index (κ3) is 7.57. The summed E-state index contributed by atoms with van der Waals surface area (Å²) >= 11 is 0. The van der Waals surface area contributed by atoms with Gasteiger partial charge in [-0.05, 0) is 50.4 Å². The minimum Gasteiger partial charge on any atom is -0.493 e. The fraction of sp³-hybridized carbons (Fsp3) is 0.600. The van der Waals surface area contributed by atoms with Gasteiger partial charge in [-0.2, -0.15) is 0 Å². The SMILES string of the molecule is Cc1ccccc1OCCCNCCC(C)C.Cl. The van der Waals surface area contributed by atoms with Gasteiger partial charge in [0.05, 0.1) is 6.61 Å². The molecule has 1 rings (SSSR count). The molecular weight excluding hydrogens is 246 g/mol. The molecule has 0 saturated carbocycles. The van der Waals surface area contributed by atoms with Crippen molar-refractivity contribution in [2.45, 2.75) is 33.6 Å². The molecule has 0 saturated heterocycles. The maximum Gasteiger partial charge on any atom is 0.122 e. The van der Waals surface area contributed by atoms with Gasteiger partial charge in [0.1, 0.15) is 5.75 Å². The molecule has 0 bridgehead atoms. The van der Waals surface area contributed by atoms with Crippen LogP contribution in [0.15, 0.2) is 24.3 Å². The molecule has 0 aliphatic carbocycles. The van der Waals surface area contributed by atoms with Gasteiger partial charge in [-0.1, -0.05) is 32.0 Å². The monoisotopic (exact) mass is 271 g/mol. The van der Waals surface area contributed by atoms with Crippen LogP contribution in [0.25, 0.3) is 0 Å². The lowest BCUT2D eigenvalue weighted by molar-refractivity contribution is 0.305. The second-order valence-electron chi connectivity index (χ2n) is 4.90. The van der Waals surface area contributed by atoms with Crippen LogP contribution < -0.4 is 10.1 Å². The van der Waals surface area contributed by atoms with E-state index in [1.54, 1.807) is 0 Å². The van der Waals surface area contributed by atoms with Crippen LogP contribution in [0.5, 0.6) is 5.75 Å². The van der Waals surface area contributed by atoms with Crippen LogP contribution in [0.4, 0.5) is 0 Å². The van der Waals surface area contributed by atoms with Crippen LogP contribution in [-0.2, 0) is 0 Å². The summed E-state index contributed by atoms with van der Waals surface area (Å²) < 4.78 is 5.72. The molecule has 0 amide bonds. The number of hydrogen-bond acceptors (Lipinski definition) is 2. The molecule has 0 spiro atoms. The smallest absolute Gasteiger partial charge is 0.122 e. The number of nitrogens with one attached hydrogen (secondary N) is 1. The second-order valence-corrected chi connectivity index (χ2v) is 4.90. The van der Waals surface area contributed by atoms with Gasteiger partial charge in [-0.3, -0.25) is 0 Å². The van der Waals surface area contributed by atoms with Crippen LogP contribution in [-0.4, -0.2) is 19.7 Å².